The molecule has 0 bridgehead atoms. The number of rotatable bonds is 4. The SMILES string of the molecule is c1ccc(-c2cccc(-c3nc(-c4cccc5c4sc4ccccc45)nc(-c4cccc5ccc6ccccc6c45)n3)c2)cc1. The van der Waals surface area contributed by atoms with Crippen molar-refractivity contribution in [2.45, 2.75) is 0 Å². The summed E-state index contributed by atoms with van der Waals surface area (Å²) in [7, 11) is 0. The fourth-order valence-corrected chi connectivity index (χ4v) is 7.59. The largest absolute Gasteiger partial charge is 0.208 e. The lowest BCUT2D eigenvalue weighted by Crippen LogP contribution is -2.01. The van der Waals surface area contributed by atoms with Crippen LogP contribution >= 0.6 is 11.3 Å². The van der Waals surface area contributed by atoms with Crippen LogP contribution in [0.5, 0.6) is 0 Å². The molecule has 0 radical (unpaired) electrons. The lowest BCUT2D eigenvalue weighted by molar-refractivity contribution is 1.08. The average molecular weight is 592 g/mol. The minimum Gasteiger partial charge on any atom is -0.208 e. The van der Waals surface area contributed by atoms with Gasteiger partial charge in [-0.3, -0.25) is 0 Å². The molecule has 9 rings (SSSR count). The molecule has 2 aromatic heterocycles. The molecule has 0 aliphatic rings. The number of thiophene rings is 1. The van der Waals surface area contributed by atoms with E-state index in [1.807, 2.05) is 6.07 Å². The third-order valence-electron chi connectivity index (χ3n) is 8.52. The molecule has 0 unspecified atom stereocenters. The molecule has 0 aliphatic heterocycles. The van der Waals surface area contributed by atoms with Crippen molar-refractivity contribution in [1.82, 2.24) is 15.0 Å². The number of hydrogen-bond acceptors (Lipinski definition) is 4. The van der Waals surface area contributed by atoms with Gasteiger partial charge in [0.15, 0.2) is 17.5 Å². The minimum atomic E-state index is 0.656. The van der Waals surface area contributed by atoms with E-state index in [4.69, 9.17) is 15.0 Å². The summed E-state index contributed by atoms with van der Waals surface area (Å²) in [4.78, 5) is 15.6. The van der Waals surface area contributed by atoms with Gasteiger partial charge in [-0.1, -0.05) is 133 Å². The predicted molar refractivity (Wildman–Crippen MR) is 189 cm³/mol. The molecule has 0 aliphatic carbocycles. The number of benzene rings is 7. The molecule has 3 nitrogen and oxygen atoms in total. The van der Waals surface area contributed by atoms with Gasteiger partial charge in [0.1, 0.15) is 0 Å². The van der Waals surface area contributed by atoms with Crippen molar-refractivity contribution in [3.63, 3.8) is 0 Å². The van der Waals surface area contributed by atoms with Crippen molar-refractivity contribution < 1.29 is 0 Å². The molecule has 9 aromatic rings. The first-order chi connectivity index (χ1) is 22.3. The Bertz CT molecular complexity index is 2550. The Morgan fingerprint density at radius 3 is 1.89 bits per heavy atom. The maximum Gasteiger partial charge on any atom is 0.165 e. The maximum absolute atomic E-state index is 5.24. The molecule has 7 aromatic carbocycles. The molecule has 0 fully saturated rings. The fraction of sp³-hybridized carbons (Fsp3) is 0. The van der Waals surface area contributed by atoms with E-state index in [0.717, 1.165) is 38.6 Å². The highest BCUT2D eigenvalue weighted by molar-refractivity contribution is 7.26. The summed E-state index contributed by atoms with van der Waals surface area (Å²) in [6.07, 6.45) is 0. The molecule has 4 heteroatoms. The first-order valence-electron chi connectivity index (χ1n) is 15.0. The van der Waals surface area contributed by atoms with Crippen molar-refractivity contribution in [3.8, 4) is 45.3 Å². The molecule has 0 N–H and O–H groups in total. The van der Waals surface area contributed by atoms with E-state index < -0.39 is 0 Å². The van der Waals surface area contributed by atoms with Gasteiger partial charge in [0.05, 0.1) is 0 Å². The van der Waals surface area contributed by atoms with E-state index >= 15 is 0 Å². The number of nitrogens with zero attached hydrogens (tertiary/aromatic N) is 3. The zero-order valence-electron chi connectivity index (χ0n) is 24.2. The van der Waals surface area contributed by atoms with E-state index in [0.29, 0.717) is 17.5 Å². The van der Waals surface area contributed by atoms with Crippen LogP contribution in [0.15, 0.2) is 152 Å². The Labute approximate surface area is 264 Å². The molecule has 0 atom stereocenters. The van der Waals surface area contributed by atoms with Crippen molar-refractivity contribution >= 4 is 53.1 Å². The summed E-state index contributed by atoms with van der Waals surface area (Å²) in [6, 6.07) is 53.2. The second kappa shape index (κ2) is 10.5. The highest BCUT2D eigenvalue weighted by Crippen LogP contribution is 2.40. The summed E-state index contributed by atoms with van der Waals surface area (Å²) in [5.74, 6) is 2.00. The molecule has 0 spiro atoms. The fourth-order valence-electron chi connectivity index (χ4n) is 6.38. The lowest BCUT2D eigenvalue weighted by Gasteiger charge is -2.13. The third kappa shape index (κ3) is 4.38. The summed E-state index contributed by atoms with van der Waals surface area (Å²) < 4.78 is 2.44. The van der Waals surface area contributed by atoms with Crippen LogP contribution in [0.25, 0.3) is 87.0 Å². The smallest absolute Gasteiger partial charge is 0.165 e. The van der Waals surface area contributed by atoms with E-state index in [9.17, 15) is 0 Å². The van der Waals surface area contributed by atoms with Gasteiger partial charge in [-0.25, -0.2) is 15.0 Å². The van der Waals surface area contributed by atoms with Gasteiger partial charge in [-0.15, -0.1) is 11.3 Å². The van der Waals surface area contributed by atoms with Crippen molar-refractivity contribution in [1.29, 1.82) is 0 Å². The number of fused-ring (bicyclic) bond motifs is 6. The monoisotopic (exact) mass is 591 g/mol. The maximum atomic E-state index is 5.24. The van der Waals surface area contributed by atoms with Gasteiger partial charge < -0.3 is 0 Å². The lowest BCUT2D eigenvalue weighted by atomic mass is 9.97. The molecule has 0 amide bonds. The van der Waals surface area contributed by atoms with Crippen LogP contribution in [0.1, 0.15) is 0 Å². The first kappa shape index (κ1) is 25.8. The summed E-state index contributed by atoms with van der Waals surface area (Å²) in [5.41, 5.74) is 5.25. The van der Waals surface area contributed by atoms with Crippen LogP contribution in [-0.2, 0) is 0 Å². The minimum absolute atomic E-state index is 0.656. The van der Waals surface area contributed by atoms with Crippen LogP contribution < -0.4 is 0 Å². The van der Waals surface area contributed by atoms with Gasteiger partial charge in [0.25, 0.3) is 0 Å². The predicted octanol–water partition coefficient (Wildman–Crippen LogP) is 11.2. The molecule has 0 saturated carbocycles. The zero-order chi connectivity index (χ0) is 29.7. The number of aromatic nitrogens is 3. The van der Waals surface area contributed by atoms with Gasteiger partial charge in [0.2, 0.25) is 0 Å². The van der Waals surface area contributed by atoms with E-state index in [-0.39, 0.29) is 0 Å². The molecule has 45 heavy (non-hydrogen) atoms. The third-order valence-corrected chi connectivity index (χ3v) is 9.74. The van der Waals surface area contributed by atoms with E-state index in [1.165, 1.54) is 30.9 Å². The Morgan fingerprint density at radius 2 is 0.978 bits per heavy atom. The van der Waals surface area contributed by atoms with Gasteiger partial charge in [-0.2, -0.15) is 0 Å². The van der Waals surface area contributed by atoms with Crippen LogP contribution in [0.4, 0.5) is 0 Å². The van der Waals surface area contributed by atoms with Crippen molar-refractivity contribution in [2.24, 2.45) is 0 Å². The summed E-state index contributed by atoms with van der Waals surface area (Å²) >= 11 is 1.79. The second-order valence-electron chi connectivity index (χ2n) is 11.2. The molecule has 2 heterocycles. The standard InChI is InChI=1S/C41H25N3S/c1-2-11-26(12-3-1)29-15-8-16-30(25-29)39-42-40(34-20-9-14-28-24-23-27-13-4-5-17-31(27)37(28)34)44-41(43-39)35-21-10-19-33-32-18-6-7-22-36(32)45-38(33)35/h1-25H. The Morgan fingerprint density at radius 1 is 0.378 bits per heavy atom. The van der Waals surface area contributed by atoms with E-state index in [1.54, 1.807) is 11.3 Å². The Hall–Kier alpha value is -5.71. The molecule has 210 valence electrons. The van der Waals surface area contributed by atoms with Gasteiger partial charge in [0, 0.05) is 42.2 Å². The van der Waals surface area contributed by atoms with Crippen molar-refractivity contribution in [2.75, 3.05) is 0 Å². The van der Waals surface area contributed by atoms with Crippen LogP contribution in [0.3, 0.4) is 0 Å². The van der Waals surface area contributed by atoms with Gasteiger partial charge in [-0.05, 0) is 45.5 Å². The van der Waals surface area contributed by atoms with Gasteiger partial charge >= 0.3 is 0 Å². The second-order valence-corrected chi connectivity index (χ2v) is 12.3. The summed E-state index contributed by atoms with van der Waals surface area (Å²) in [6.45, 7) is 0. The topological polar surface area (TPSA) is 38.7 Å². The highest BCUT2D eigenvalue weighted by Gasteiger charge is 2.18. The first-order valence-corrected chi connectivity index (χ1v) is 15.9. The molecular formula is C41H25N3S. The van der Waals surface area contributed by atoms with Crippen LogP contribution in [0.2, 0.25) is 0 Å². The average Bonchev–Trinajstić information content (AvgIpc) is 3.50. The quantitative estimate of drug-likeness (QED) is 0.191. The van der Waals surface area contributed by atoms with E-state index in [2.05, 4.69) is 146 Å². The number of hydrogen-bond donors (Lipinski definition) is 0. The van der Waals surface area contributed by atoms with Crippen LogP contribution in [-0.4, -0.2) is 15.0 Å². The van der Waals surface area contributed by atoms with Crippen LogP contribution in [0, 0.1) is 0 Å². The Kier molecular flexibility index (Phi) is 6.00. The highest BCUT2D eigenvalue weighted by atomic mass is 32.1. The molecular weight excluding hydrogens is 567 g/mol. The molecule has 0 saturated heterocycles. The zero-order valence-corrected chi connectivity index (χ0v) is 25.0. The summed E-state index contributed by atoms with van der Waals surface area (Å²) in [5, 5.41) is 7.16. The normalized spacial score (nSPS) is 11.6. The Balaban J connectivity index is 1.33. The van der Waals surface area contributed by atoms with Crippen molar-refractivity contribution in [3.05, 3.63) is 152 Å².